The first-order valence-electron chi connectivity index (χ1n) is 7.01. The highest BCUT2D eigenvalue weighted by Crippen LogP contribution is 2.23. The van der Waals surface area contributed by atoms with Crippen LogP contribution >= 0.6 is 22.9 Å². The molecule has 118 valence electrons. The van der Waals surface area contributed by atoms with Crippen molar-refractivity contribution in [1.82, 2.24) is 20.1 Å². The lowest BCUT2D eigenvalue weighted by Crippen LogP contribution is -2.23. The molecule has 3 aromatic rings. The summed E-state index contributed by atoms with van der Waals surface area (Å²) < 4.78 is 1.63. The standard InChI is InChI=1S/C16H15ClN4OS/c1-10-13(8-21(2)20-10)16(22)18-7-15-19-14(9-23-15)11-3-5-12(17)6-4-11/h3-6,8-9H,7H2,1-2H3,(H,18,22). The summed E-state index contributed by atoms with van der Waals surface area (Å²) in [5.74, 6) is -0.140. The molecule has 0 bridgehead atoms. The van der Waals surface area contributed by atoms with Gasteiger partial charge in [-0.1, -0.05) is 23.7 Å². The molecule has 1 N–H and O–H groups in total. The van der Waals surface area contributed by atoms with E-state index in [-0.39, 0.29) is 5.91 Å². The van der Waals surface area contributed by atoms with Crippen LogP contribution in [0.1, 0.15) is 21.1 Å². The molecule has 0 atom stereocenters. The number of hydrogen-bond donors (Lipinski definition) is 1. The van der Waals surface area contributed by atoms with Crippen LogP contribution in [0.4, 0.5) is 0 Å². The molecule has 2 aromatic heterocycles. The molecule has 3 rings (SSSR count). The lowest BCUT2D eigenvalue weighted by atomic mass is 10.2. The Balaban J connectivity index is 1.66. The highest BCUT2D eigenvalue weighted by atomic mass is 35.5. The Kier molecular flexibility index (Phi) is 4.45. The number of nitrogens with zero attached hydrogens (tertiary/aromatic N) is 3. The van der Waals surface area contributed by atoms with E-state index in [0.717, 1.165) is 16.3 Å². The molecule has 1 amide bonds. The Morgan fingerprint density at radius 2 is 2.09 bits per heavy atom. The van der Waals surface area contributed by atoms with Crippen LogP contribution in [0.3, 0.4) is 0 Å². The monoisotopic (exact) mass is 346 g/mol. The molecule has 2 heterocycles. The minimum Gasteiger partial charge on any atom is -0.345 e. The van der Waals surface area contributed by atoms with Gasteiger partial charge in [0.05, 0.1) is 23.5 Å². The van der Waals surface area contributed by atoms with Crippen molar-refractivity contribution in [2.75, 3.05) is 0 Å². The van der Waals surface area contributed by atoms with Crippen molar-refractivity contribution < 1.29 is 4.79 Å². The second-order valence-corrected chi connectivity index (χ2v) is 6.50. The summed E-state index contributed by atoms with van der Waals surface area (Å²) in [7, 11) is 1.79. The van der Waals surface area contributed by atoms with Crippen molar-refractivity contribution in [2.45, 2.75) is 13.5 Å². The van der Waals surface area contributed by atoms with Gasteiger partial charge in [-0.25, -0.2) is 4.98 Å². The van der Waals surface area contributed by atoms with Gasteiger partial charge >= 0.3 is 0 Å². The quantitative estimate of drug-likeness (QED) is 0.787. The number of carbonyl (C=O) groups is 1. The molecule has 0 spiro atoms. The molecule has 1 aromatic carbocycles. The fraction of sp³-hybridized carbons (Fsp3) is 0.188. The Morgan fingerprint density at radius 3 is 2.74 bits per heavy atom. The predicted octanol–water partition coefficient (Wildman–Crippen LogP) is 3.44. The van der Waals surface area contributed by atoms with E-state index < -0.39 is 0 Å². The highest BCUT2D eigenvalue weighted by molar-refractivity contribution is 7.09. The Morgan fingerprint density at radius 1 is 1.35 bits per heavy atom. The van der Waals surface area contributed by atoms with Crippen LogP contribution in [0, 0.1) is 6.92 Å². The van der Waals surface area contributed by atoms with Gasteiger partial charge < -0.3 is 5.32 Å². The molecule has 0 saturated carbocycles. The van der Waals surface area contributed by atoms with E-state index in [0.29, 0.717) is 22.8 Å². The maximum Gasteiger partial charge on any atom is 0.255 e. The zero-order chi connectivity index (χ0) is 16.4. The topological polar surface area (TPSA) is 59.8 Å². The lowest BCUT2D eigenvalue weighted by molar-refractivity contribution is 0.0950. The summed E-state index contributed by atoms with van der Waals surface area (Å²) in [5, 5.41) is 10.6. The summed E-state index contributed by atoms with van der Waals surface area (Å²) >= 11 is 7.40. The summed E-state index contributed by atoms with van der Waals surface area (Å²) in [6.07, 6.45) is 1.71. The van der Waals surface area contributed by atoms with Crippen LogP contribution < -0.4 is 5.32 Å². The van der Waals surface area contributed by atoms with E-state index in [4.69, 9.17) is 11.6 Å². The molecule has 0 radical (unpaired) electrons. The van der Waals surface area contributed by atoms with Gasteiger partial charge in [0.15, 0.2) is 0 Å². The van der Waals surface area contributed by atoms with Crippen LogP contribution in [-0.4, -0.2) is 20.7 Å². The number of halogens is 1. The number of rotatable bonds is 4. The molecule has 0 unspecified atom stereocenters. The Bertz CT molecular complexity index is 838. The van der Waals surface area contributed by atoms with Crippen molar-refractivity contribution in [2.24, 2.45) is 7.05 Å². The molecule has 7 heteroatoms. The summed E-state index contributed by atoms with van der Waals surface area (Å²) in [6.45, 7) is 2.21. The highest BCUT2D eigenvalue weighted by Gasteiger charge is 2.13. The minimum atomic E-state index is -0.140. The SMILES string of the molecule is Cc1nn(C)cc1C(=O)NCc1nc(-c2ccc(Cl)cc2)cs1. The maximum absolute atomic E-state index is 12.2. The molecular weight excluding hydrogens is 332 g/mol. The lowest BCUT2D eigenvalue weighted by Gasteiger charge is -2.01. The second-order valence-electron chi connectivity index (χ2n) is 5.12. The first-order valence-corrected chi connectivity index (χ1v) is 8.27. The third-order valence-corrected chi connectivity index (χ3v) is 4.45. The third kappa shape index (κ3) is 3.60. The number of hydrogen-bond acceptors (Lipinski definition) is 4. The van der Waals surface area contributed by atoms with Crippen molar-refractivity contribution >= 4 is 28.8 Å². The van der Waals surface area contributed by atoms with Gasteiger partial charge in [-0.3, -0.25) is 9.48 Å². The van der Waals surface area contributed by atoms with Crippen molar-refractivity contribution in [3.05, 3.63) is 57.1 Å². The van der Waals surface area contributed by atoms with Crippen LogP contribution in [0.5, 0.6) is 0 Å². The van der Waals surface area contributed by atoms with Crippen molar-refractivity contribution in [3.63, 3.8) is 0 Å². The number of aryl methyl sites for hydroxylation is 2. The smallest absolute Gasteiger partial charge is 0.255 e. The van der Waals surface area contributed by atoms with E-state index in [2.05, 4.69) is 15.4 Å². The third-order valence-electron chi connectivity index (χ3n) is 3.35. The van der Waals surface area contributed by atoms with Crippen LogP contribution in [0.15, 0.2) is 35.8 Å². The molecule has 0 aliphatic rings. The van der Waals surface area contributed by atoms with Gasteiger partial charge in [0.25, 0.3) is 5.91 Å². The summed E-state index contributed by atoms with van der Waals surface area (Å²) in [5.41, 5.74) is 3.19. The van der Waals surface area contributed by atoms with E-state index in [1.807, 2.05) is 36.6 Å². The first-order chi connectivity index (χ1) is 11.0. The summed E-state index contributed by atoms with van der Waals surface area (Å²) in [6, 6.07) is 7.53. The molecule has 5 nitrogen and oxygen atoms in total. The Labute approximate surface area is 142 Å². The van der Waals surface area contributed by atoms with Crippen molar-refractivity contribution in [3.8, 4) is 11.3 Å². The van der Waals surface area contributed by atoms with Crippen LogP contribution in [0.25, 0.3) is 11.3 Å². The Hall–Kier alpha value is -2.18. The number of nitrogens with one attached hydrogen (secondary N) is 1. The van der Waals surface area contributed by atoms with E-state index in [1.54, 1.807) is 17.9 Å². The molecule has 23 heavy (non-hydrogen) atoms. The predicted molar refractivity (Wildman–Crippen MR) is 91.7 cm³/mol. The van der Waals surface area contributed by atoms with E-state index in [1.165, 1.54) is 11.3 Å². The number of benzene rings is 1. The average molecular weight is 347 g/mol. The first kappa shape index (κ1) is 15.7. The zero-order valence-corrected chi connectivity index (χ0v) is 14.3. The van der Waals surface area contributed by atoms with E-state index >= 15 is 0 Å². The van der Waals surface area contributed by atoms with Gasteiger partial charge in [0.1, 0.15) is 5.01 Å². The molecule has 0 aliphatic carbocycles. The molecule has 0 aliphatic heterocycles. The van der Waals surface area contributed by atoms with Crippen molar-refractivity contribution in [1.29, 1.82) is 0 Å². The molecular formula is C16H15ClN4OS. The van der Waals surface area contributed by atoms with Gasteiger partial charge in [-0.2, -0.15) is 5.10 Å². The number of thiazole rings is 1. The van der Waals surface area contributed by atoms with Gasteiger partial charge in [-0.15, -0.1) is 11.3 Å². The molecule has 0 fully saturated rings. The van der Waals surface area contributed by atoms with Crippen LogP contribution in [0.2, 0.25) is 5.02 Å². The minimum absolute atomic E-state index is 0.140. The van der Waals surface area contributed by atoms with Gasteiger partial charge in [-0.05, 0) is 19.1 Å². The second kappa shape index (κ2) is 6.52. The van der Waals surface area contributed by atoms with Gasteiger partial charge in [0.2, 0.25) is 0 Å². The largest absolute Gasteiger partial charge is 0.345 e. The number of carbonyl (C=O) groups excluding carboxylic acids is 1. The number of amides is 1. The molecule has 0 saturated heterocycles. The fourth-order valence-electron chi connectivity index (χ4n) is 2.22. The maximum atomic E-state index is 12.2. The summed E-state index contributed by atoms with van der Waals surface area (Å²) in [4.78, 5) is 16.7. The van der Waals surface area contributed by atoms with E-state index in [9.17, 15) is 4.79 Å². The zero-order valence-electron chi connectivity index (χ0n) is 12.7. The fourth-order valence-corrected chi connectivity index (χ4v) is 3.09. The van der Waals surface area contributed by atoms with Gasteiger partial charge in [0, 0.05) is 29.2 Å². The average Bonchev–Trinajstić information content (AvgIpc) is 3.12. The number of aromatic nitrogens is 3. The van der Waals surface area contributed by atoms with Crippen LogP contribution in [-0.2, 0) is 13.6 Å². The normalized spacial score (nSPS) is 10.7.